The summed E-state index contributed by atoms with van der Waals surface area (Å²) < 4.78 is 27.7. The number of fused-ring (bicyclic) bond motifs is 3. The molecule has 6 rings (SSSR count). The van der Waals surface area contributed by atoms with E-state index in [1.165, 1.54) is 17.0 Å². The molecule has 1 unspecified atom stereocenters. The van der Waals surface area contributed by atoms with Gasteiger partial charge in [-0.3, -0.25) is 14.4 Å². The van der Waals surface area contributed by atoms with E-state index in [-0.39, 0.29) is 30.5 Å². The van der Waals surface area contributed by atoms with Gasteiger partial charge in [0.1, 0.15) is 24.0 Å². The van der Waals surface area contributed by atoms with E-state index in [9.17, 15) is 23.2 Å². The average Bonchev–Trinajstić information content (AvgIpc) is 3.59. The lowest BCUT2D eigenvalue weighted by molar-refractivity contribution is -0.143. The topological polar surface area (TPSA) is 103 Å². The minimum atomic E-state index is -0.745. The van der Waals surface area contributed by atoms with E-state index in [1.807, 2.05) is 31.2 Å². The fourth-order valence-corrected chi connectivity index (χ4v) is 6.22. The van der Waals surface area contributed by atoms with Gasteiger partial charge in [-0.05, 0) is 79.8 Å². The van der Waals surface area contributed by atoms with E-state index in [1.54, 1.807) is 12.3 Å². The molecule has 1 aromatic heterocycles. The van der Waals surface area contributed by atoms with E-state index in [0.717, 1.165) is 22.8 Å². The first kappa shape index (κ1) is 26.1. The monoisotopic (exact) mass is 545 g/mol. The number of rotatable bonds is 6. The third-order valence-electron chi connectivity index (χ3n) is 8.27. The average molecular weight is 546 g/mol. The van der Waals surface area contributed by atoms with Gasteiger partial charge in [0.15, 0.2) is 0 Å². The van der Waals surface area contributed by atoms with Gasteiger partial charge in [-0.1, -0.05) is 12.1 Å². The van der Waals surface area contributed by atoms with Crippen molar-refractivity contribution in [3.8, 4) is 0 Å². The lowest BCUT2D eigenvalue weighted by Gasteiger charge is -2.31. The van der Waals surface area contributed by atoms with Crippen molar-refractivity contribution < 1.29 is 23.2 Å². The van der Waals surface area contributed by atoms with Crippen molar-refractivity contribution in [3.63, 3.8) is 0 Å². The van der Waals surface area contributed by atoms with E-state index in [2.05, 4.69) is 20.9 Å². The number of benzene rings is 2. The number of hydrogen-bond donors (Lipinski definition) is 3. The first-order valence-corrected chi connectivity index (χ1v) is 13.3. The Kier molecular flexibility index (Phi) is 6.37. The normalized spacial score (nSPS) is 22.6. The summed E-state index contributed by atoms with van der Waals surface area (Å²) in [5, 5.41) is 8.93. The van der Waals surface area contributed by atoms with Crippen molar-refractivity contribution in [2.45, 2.75) is 38.1 Å². The fraction of sp³-hybridized carbons (Fsp3) is 0.333. The second-order valence-electron chi connectivity index (χ2n) is 11.2. The predicted octanol–water partition coefficient (Wildman–Crippen LogP) is 3.32. The Bertz CT molecular complexity index is 1520. The molecule has 3 N–H and O–H groups in total. The minimum Gasteiger partial charge on any atom is -0.329 e. The molecule has 8 nitrogen and oxygen atoms in total. The number of nitrogens with one attached hydrogen (secondary N) is 3. The van der Waals surface area contributed by atoms with Crippen molar-refractivity contribution in [3.05, 3.63) is 88.6 Å². The van der Waals surface area contributed by atoms with Crippen molar-refractivity contribution in [2.24, 2.45) is 5.41 Å². The van der Waals surface area contributed by atoms with Crippen molar-refractivity contribution in [1.29, 1.82) is 0 Å². The van der Waals surface area contributed by atoms with E-state index in [4.69, 9.17) is 0 Å². The van der Waals surface area contributed by atoms with E-state index < -0.39 is 28.4 Å². The quantitative estimate of drug-likeness (QED) is 0.441. The highest BCUT2D eigenvalue weighted by Crippen LogP contribution is 2.47. The molecule has 1 fully saturated rings. The predicted molar refractivity (Wildman–Crippen MR) is 144 cm³/mol. The van der Waals surface area contributed by atoms with Crippen LogP contribution in [0.2, 0.25) is 0 Å². The molecule has 0 bridgehead atoms. The van der Waals surface area contributed by atoms with Crippen molar-refractivity contribution in [1.82, 2.24) is 15.2 Å². The van der Waals surface area contributed by atoms with Gasteiger partial charge in [0.2, 0.25) is 17.7 Å². The zero-order valence-corrected chi connectivity index (χ0v) is 22.0. The largest absolute Gasteiger partial charge is 0.329 e. The summed E-state index contributed by atoms with van der Waals surface area (Å²) in [6.45, 7) is 2.57. The van der Waals surface area contributed by atoms with Gasteiger partial charge in [0, 0.05) is 36.6 Å². The van der Waals surface area contributed by atoms with Crippen LogP contribution in [0.4, 0.5) is 20.3 Å². The first-order valence-electron chi connectivity index (χ1n) is 13.3. The highest BCUT2D eigenvalue weighted by molar-refractivity contribution is 6.06. The molecule has 1 spiro atoms. The molecule has 0 radical (unpaired) electrons. The Morgan fingerprint density at radius 1 is 1.07 bits per heavy atom. The molecule has 1 aliphatic carbocycles. The maximum Gasteiger partial charge on any atom is 0.244 e. The number of nitrogens with zero attached hydrogens (tertiary/aromatic N) is 2. The Morgan fingerprint density at radius 2 is 1.85 bits per heavy atom. The highest BCUT2D eigenvalue weighted by atomic mass is 19.1. The van der Waals surface area contributed by atoms with Crippen LogP contribution < -0.4 is 16.0 Å². The lowest BCUT2D eigenvalue weighted by Crippen LogP contribution is -2.46. The van der Waals surface area contributed by atoms with Gasteiger partial charge in [0.25, 0.3) is 0 Å². The summed E-state index contributed by atoms with van der Waals surface area (Å²) in [6.07, 6.45) is 3.27. The van der Waals surface area contributed by atoms with E-state index in [0.29, 0.717) is 43.9 Å². The molecule has 206 valence electrons. The number of aromatic nitrogens is 1. The second kappa shape index (κ2) is 9.78. The summed E-state index contributed by atoms with van der Waals surface area (Å²) in [5.74, 6) is -1.67. The number of carbonyl (C=O) groups is 3. The third kappa shape index (κ3) is 4.62. The number of anilines is 2. The summed E-state index contributed by atoms with van der Waals surface area (Å²) in [4.78, 5) is 45.4. The molecule has 3 aromatic rings. The molecule has 2 aliphatic heterocycles. The summed E-state index contributed by atoms with van der Waals surface area (Å²) in [6, 6.07) is 12.4. The molecule has 0 saturated carbocycles. The molecule has 10 heteroatoms. The number of pyridine rings is 1. The summed E-state index contributed by atoms with van der Waals surface area (Å²) in [7, 11) is 0. The molecule has 3 aliphatic rings. The molecule has 3 amide bonds. The van der Waals surface area contributed by atoms with Crippen LogP contribution in [0, 0.1) is 17.0 Å². The molecule has 40 heavy (non-hydrogen) atoms. The zero-order valence-electron chi connectivity index (χ0n) is 22.0. The minimum absolute atomic E-state index is 0.0826. The third-order valence-corrected chi connectivity index (χ3v) is 8.27. The van der Waals surface area contributed by atoms with E-state index >= 15 is 0 Å². The zero-order chi connectivity index (χ0) is 28.1. The molecule has 2 atom stereocenters. The summed E-state index contributed by atoms with van der Waals surface area (Å²) >= 11 is 0. The van der Waals surface area contributed by atoms with Gasteiger partial charge < -0.3 is 20.9 Å². The number of carbonyl (C=O) groups excluding carboxylic acids is 3. The van der Waals surface area contributed by atoms with Gasteiger partial charge in [-0.25, -0.2) is 13.8 Å². The van der Waals surface area contributed by atoms with Crippen LogP contribution >= 0.6 is 0 Å². The van der Waals surface area contributed by atoms with Crippen molar-refractivity contribution >= 4 is 29.2 Å². The smallest absolute Gasteiger partial charge is 0.244 e. The molecular formula is C30H29F2N5O3. The second-order valence-corrected chi connectivity index (χ2v) is 11.2. The molecule has 1 saturated heterocycles. The Hall–Kier alpha value is -4.18. The lowest BCUT2D eigenvalue weighted by atomic mass is 9.79. The fourth-order valence-electron chi connectivity index (χ4n) is 6.22. The SMILES string of the molecule is CC1(C(=O)N(CC(=O)Nc2ccc3c(c2)C[C@@]2(C3)C(=O)Nc3ncccc32)Cc2cc(F)cc(F)c2)CCNC1. The number of hydrogen-bond acceptors (Lipinski definition) is 5. The first-order chi connectivity index (χ1) is 19.1. The van der Waals surface area contributed by atoms with Crippen LogP contribution in [0.1, 0.15) is 35.6 Å². The van der Waals surface area contributed by atoms with Crippen LogP contribution in [0.3, 0.4) is 0 Å². The Labute approximate surface area is 230 Å². The van der Waals surface area contributed by atoms with Crippen LogP contribution in [0.25, 0.3) is 0 Å². The Balaban J connectivity index is 1.20. The highest BCUT2D eigenvalue weighted by Gasteiger charge is 2.51. The number of amides is 3. The maximum absolute atomic E-state index is 13.9. The standard InChI is InChI=1S/C30H29F2N5O3/c1-29(6-8-33-17-29)28(40)37(15-18-9-21(31)12-22(32)10-18)16-25(38)35-23-5-4-19-13-30(14-20(19)11-23)24-3-2-7-34-26(24)36-27(30)39/h2-5,7,9-12,33H,6,8,13-17H2,1H3,(H,35,38)(H,34,36,39)/t29?,30-/m1/s1. The Morgan fingerprint density at radius 3 is 2.60 bits per heavy atom. The van der Waals surface area contributed by atoms with Gasteiger partial charge >= 0.3 is 0 Å². The van der Waals surface area contributed by atoms with Crippen molar-refractivity contribution in [2.75, 3.05) is 30.3 Å². The molecule has 2 aromatic carbocycles. The molecule has 3 heterocycles. The van der Waals surface area contributed by atoms with Gasteiger partial charge in [0.05, 0.1) is 10.8 Å². The van der Waals surface area contributed by atoms with Crippen LogP contribution in [-0.2, 0) is 39.2 Å². The molecular weight excluding hydrogens is 516 g/mol. The number of halogens is 2. The van der Waals surface area contributed by atoms with Crippen LogP contribution in [0.15, 0.2) is 54.7 Å². The van der Waals surface area contributed by atoms with Gasteiger partial charge in [-0.2, -0.15) is 0 Å². The van der Waals surface area contributed by atoms with Crippen LogP contribution in [-0.4, -0.2) is 47.2 Å². The van der Waals surface area contributed by atoms with Crippen LogP contribution in [0.5, 0.6) is 0 Å². The maximum atomic E-state index is 13.9. The summed E-state index contributed by atoms with van der Waals surface area (Å²) in [5.41, 5.74) is 2.22. The van der Waals surface area contributed by atoms with Gasteiger partial charge in [-0.15, -0.1) is 0 Å².